The summed E-state index contributed by atoms with van der Waals surface area (Å²) in [6, 6.07) is 0. The molecule has 0 aromatic heterocycles. The van der Waals surface area contributed by atoms with Gasteiger partial charge in [-0.2, -0.15) is 4.91 Å². The quantitative estimate of drug-likeness (QED) is 0.148. The lowest BCUT2D eigenvalue weighted by atomic mass is 9.87. The molecule has 168 valence electrons. The van der Waals surface area contributed by atoms with Crippen molar-refractivity contribution in [3.05, 3.63) is 50.1 Å². The fraction of sp³-hybridized carbons (Fsp3) is 0.583. The van der Waals surface area contributed by atoms with Crippen molar-refractivity contribution >= 4 is 23.4 Å². The molecule has 2 atom stereocenters. The molecule has 3 aliphatic rings. The van der Waals surface area contributed by atoms with Crippen molar-refractivity contribution in [2.24, 2.45) is 11.1 Å². The van der Waals surface area contributed by atoms with Crippen LogP contribution in [0.3, 0.4) is 0 Å². The summed E-state index contributed by atoms with van der Waals surface area (Å²) in [5.74, 6) is 0.460. The fourth-order valence-corrected chi connectivity index (χ4v) is 6.19. The predicted molar refractivity (Wildman–Crippen MR) is 129 cm³/mol. The number of fused-ring (bicyclic) bond motifs is 1. The molecule has 3 rings (SSSR count). The number of allylic oxidation sites excluding steroid dienone is 6. The van der Waals surface area contributed by atoms with Gasteiger partial charge in [0.05, 0.1) is 12.1 Å². The number of carbonyl (C=O) groups excluding carboxylic acids is 1. The van der Waals surface area contributed by atoms with Crippen molar-refractivity contribution in [2.45, 2.75) is 71.0 Å². The van der Waals surface area contributed by atoms with Gasteiger partial charge >= 0.3 is 0 Å². The van der Waals surface area contributed by atoms with Crippen molar-refractivity contribution < 1.29 is 4.79 Å². The number of nitrogens with zero attached hydrogens (tertiary/aromatic N) is 1. The van der Waals surface area contributed by atoms with Gasteiger partial charge in [-0.3, -0.25) is 4.79 Å². The Bertz CT molecular complexity index is 869. The minimum atomic E-state index is -0.339. The molecule has 0 radical (unpaired) electrons. The second-order valence-corrected chi connectivity index (χ2v) is 10.1. The Balaban J connectivity index is 1.73. The van der Waals surface area contributed by atoms with Crippen molar-refractivity contribution in [3.63, 3.8) is 0 Å². The van der Waals surface area contributed by atoms with E-state index < -0.39 is 0 Å². The van der Waals surface area contributed by atoms with Gasteiger partial charge in [0.25, 0.3) is 5.91 Å². The highest BCUT2D eigenvalue weighted by molar-refractivity contribution is 8.04. The molecule has 3 N–H and O–H groups in total. The lowest BCUT2D eigenvalue weighted by Gasteiger charge is -2.21. The molecule has 6 nitrogen and oxygen atoms in total. The van der Waals surface area contributed by atoms with Gasteiger partial charge in [-0.05, 0) is 70.3 Å². The first-order valence-corrected chi connectivity index (χ1v) is 12.1. The third kappa shape index (κ3) is 6.19. The van der Waals surface area contributed by atoms with E-state index in [4.69, 9.17) is 5.41 Å². The summed E-state index contributed by atoms with van der Waals surface area (Å²) in [5, 5.41) is 17.6. The van der Waals surface area contributed by atoms with E-state index in [1.54, 1.807) is 12.5 Å². The van der Waals surface area contributed by atoms with E-state index in [-0.39, 0.29) is 24.7 Å². The van der Waals surface area contributed by atoms with Gasteiger partial charge in [0.2, 0.25) is 0 Å². The van der Waals surface area contributed by atoms with Crippen molar-refractivity contribution in [1.29, 1.82) is 5.41 Å². The van der Waals surface area contributed by atoms with Gasteiger partial charge < -0.3 is 16.0 Å². The third-order valence-corrected chi connectivity index (χ3v) is 7.49. The molecule has 0 aromatic rings. The summed E-state index contributed by atoms with van der Waals surface area (Å²) in [4.78, 5) is 24.1. The Hall–Kier alpha value is -2.15. The lowest BCUT2D eigenvalue weighted by molar-refractivity contribution is -0.117. The summed E-state index contributed by atoms with van der Waals surface area (Å²) in [6.07, 6.45) is 12.8. The van der Waals surface area contributed by atoms with Crippen LogP contribution in [-0.2, 0) is 4.79 Å². The average Bonchev–Trinajstić information content (AvgIpc) is 3.11. The van der Waals surface area contributed by atoms with E-state index in [9.17, 15) is 9.70 Å². The molecular formula is C24H34N4O2S. The average molecular weight is 443 g/mol. The van der Waals surface area contributed by atoms with Crippen LogP contribution in [-0.4, -0.2) is 30.0 Å². The number of amides is 1. The van der Waals surface area contributed by atoms with Gasteiger partial charge in [-0.1, -0.05) is 29.8 Å². The van der Waals surface area contributed by atoms with Crippen LogP contribution < -0.4 is 10.6 Å². The molecule has 0 aromatic carbocycles. The molecule has 0 bridgehead atoms. The first kappa shape index (κ1) is 23.5. The number of hydrogen-bond donors (Lipinski definition) is 3. The molecular weight excluding hydrogens is 408 g/mol. The zero-order chi connectivity index (χ0) is 22.4. The number of thioether (sulfide) groups is 1. The maximum Gasteiger partial charge on any atom is 0.254 e. The molecule has 31 heavy (non-hydrogen) atoms. The standard InChI is InChI=1S/C24H34N4O2S/c1-15-6-4-7-18(12-15)13-20-14-19-8-5-9-21(23(19)31-20)28-17(3)22(16(2)25)24(29)26-10-11-27-30/h7-8,15,20,25,28H,4-6,9-14H2,1-3H3,(H,26,29)/b22-17+,25-16?. The first-order chi connectivity index (χ1) is 14.9. The number of hydrogen-bond acceptors (Lipinski definition) is 6. The summed E-state index contributed by atoms with van der Waals surface area (Å²) < 4.78 is 0. The van der Waals surface area contributed by atoms with Crippen LogP contribution in [0.15, 0.2) is 50.3 Å². The Labute approximate surface area is 189 Å². The van der Waals surface area contributed by atoms with Gasteiger partial charge in [0.15, 0.2) is 0 Å². The van der Waals surface area contributed by atoms with Crippen LogP contribution in [0.5, 0.6) is 0 Å². The van der Waals surface area contributed by atoms with E-state index in [0.29, 0.717) is 16.5 Å². The first-order valence-electron chi connectivity index (χ1n) is 11.3. The maximum absolute atomic E-state index is 12.5. The second-order valence-electron chi connectivity index (χ2n) is 8.83. The summed E-state index contributed by atoms with van der Waals surface area (Å²) in [5.41, 5.74) is 5.42. The summed E-state index contributed by atoms with van der Waals surface area (Å²) in [6.45, 7) is 6.02. The molecule has 7 heteroatoms. The molecule has 1 fully saturated rings. The van der Waals surface area contributed by atoms with E-state index >= 15 is 0 Å². The Morgan fingerprint density at radius 1 is 1.26 bits per heavy atom. The fourth-order valence-electron chi connectivity index (χ4n) is 4.68. The molecule has 2 unspecified atom stereocenters. The normalized spacial score (nSPS) is 24.0. The van der Waals surface area contributed by atoms with E-state index in [1.807, 2.05) is 18.7 Å². The zero-order valence-electron chi connectivity index (χ0n) is 18.8. The second kappa shape index (κ2) is 10.9. The zero-order valence-corrected chi connectivity index (χ0v) is 19.7. The molecule has 0 spiro atoms. The van der Waals surface area contributed by atoms with Crippen LogP contribution in [0.4, 0.5) is 0 Å². The van der Waals surface area contributed by atoms with Crippen LogP contribution >= 0.6 is 11.8 Å². The lowest BCUT2D eigenvalue weighted by Crippen LogP contribution is -2.32. The number of nitroso groups, excluding NO2 is 1. The molecule has 0 saturated carbocycles. The summed E-state index contributed by atoms with van der Waals surface area (Å²) >= 11 is 1.97. The Morgan fingerprint density at radius 3 is 2.77 bits per heavy atom. The van der Waals surface area contributed by atoms with Gasteiger partial charge in [-0.15, -0.1) is 11.8 Å². The van der Waals surface area contributed by atoms with E-state index in [2.05, 4.69) is 34.9 Å². The van der Waals surface area contributed by atoms with Gasteiger partial charge in [0.1, 0.15) is 0 Å². The van der Waals surface area contributed by atoms with Crippen LogP contribution in [0.25, 0.3) is 0 Å². The van der Waals surface area contributed by atoms with Gasteiger partial charge in [0, 0.05) is 33.8 Å². The maximum atomic E-state index is 12.5. The van der Waals surface area contributed by atoms with E-state index in [0.717, 1.165) is 37.3 Å². The van der Waals surface area contributed by atoms with Crippen molar-refractivity contribution in [3.8, 4) is 0 Å². The monoisotopic (exact) mass is 442 g/mol. The number of carbonyl (C=O) groups is 1. The topological polar surface area (TPSA) is 94.4 Å². The highest BCUT2D eigenvalue weighted by Crippen LogP contribution is 2.48. The SMILES string of the molecule is CC(=N)/C(C(=O)NCCN=O)=C(/C)NC1=C2SC(CC3=CCCC(C)C3)CC2=CCC1. The van der Waals surface area contributed by atoms with Crippen molar-refractivity contribution in [2.75, 3.05) is 13.1 Å². The molecule has 1 amide bonds. The van der Waals surface area contributed by atoms with Crippen LogP contribution in [0.1, 0.15) is 65.7 Å². The number of nitrogens with one attached hydrogen (secondary N) is 3. The van der Waals surface area contributed by atoms with Crippen LogP contribution in [0, 0.1) is 16.2 Å². The highest BCUT2D eigenvalue weighted by Gasteiger charge is 2.30. The molecule has 1 aliphatic heterocycles. The van der Waals surface area contributed by atoms with E-state index in [1.165, 1.54) is 29.7 Å². The van der Waals surface area contributed by atoms with Crippen LogP contribution in [0.2, 0.25) is 0 Å². The summed E-state index contributed by atoms with van der Waals surface area (Å²) in [7, 11) is 0. The molecule has 1 saturated heterocycles. The smallest absolute Gasteiger partial charge is 0.254 e. The largest absolute Gasteiger partial charge is 0.361 e. The Morgan fingerprint density at radius 2 is 2.06 bits per heavy atom. The third-order valence-electron chi connectivity index (χ3n) is 6.08. The minimum absolute atomic E-state index is 0.0270. The van der Waals surface area contributed by atoms with Gasteiger partial charge in [-0.25, -0.2) is 0 Å². The number of rotatable bonds is 9. The molecule has 2 aliphatic carbocycles. The Kier molecular flexibility index (Phi) is 8.29. The predicted octanol–water partition coefficient (Wildman–Crippen LogP) is 5.35. The highest BCUT2D eigenvalue weighted by atomic mass is 32.2. The van der Waals surface area contributed by atoms with Crippen molar-refractivity contribution in [1.82, 2.24) is 10.6 Å². The molecule has 1 heterocycles. The minimum Gasteiger partial charge on any atom is -0.361 e.